The number of fused-ring (bicyclic) bond motifs is 4. The number of rotatable bonds is 5. The highest BCUT2D eigenvalue weighted by molar-refractivity contribution is 7.89. The van der Waals surface area contributed by atoms with Crippen LogP contribution in [0, 0.1) is 11.7 Å². The average molecular weight is 465 g/mol. The Hall–Kier alpha value is -2.39. The molecule has 2 amide bonds. The SMILES string of the molecule is CC(C)c1ccc(F)c(C(C)C)c1NC(=O)NS(=O)(=O)c1cc2c(o1)C1CCC(C1)C2O. The van der Waals surface area contributed by atoms with Gasteiger partial charge in [-0.05, 0) is 48.6 Å². The largest absolute Gasteiger partial charge is 0.447 e. The Morgan fingerprint density at radius 1 is 1.19 bits per heavy atom. The number of sulfonamides is 1. The van der Waals surface area contributed by atoms with E-state index in [2.05, 4.69) is 5.32 Å². The zero-order valence-electron chi connectivity index (χ0n) is 18.6. The highest BCUT2D eigenvalue weighted by atomic mass is 32.2. The number of halogens is 1. The van der Waals surface area contributed by atoms with Gasteiger partial charge in [0.05, 0.1) is 11.8 Å². The Labute approximate surface area is 187 Å². The lowest BCUT2D eigenvalue weighted by atomic mass is 9.86. The van der Waals surface area contributed by atoms with Crippen molar-refractivity contribution in [2.45, 2.75) is 75.9 Å². The van der Waals surface area contributed by atoms with E-state index < -0.39 is 33.1 Å². The first-order chi connectivity index (χ1) is 15.0. The molecule has 0 radical (unpaired) electrons. The Kier molecular flexibility index (Phi) is 5.83. The number of carbonyl (C=O) groups is 1. The summed E-state index contributed by atoms with van der Waals surface area (Å²) in [5.74, 6) is -0.0332. The van der Waals surface area contributed by atoms with E-state index in [1.54, 1.807) is 19.9 Å². The Morgan fingerprint density at radius 3 is 2.56 bits per heavy atom. The number of benzene rings is 1. The Bertz CT molecular complexity index is 1140. The standard InChI is InChI=1S/C23H29FN2O5S/c1-11(2)15-7-8-17(24)19(12(3)4)20(15)25-23(28)26-32(29,30)18-10-16-21(27)13-5-6-14(9-13)22(16)31-18/h7-8,10-14,21,27H,5-6,9H2,1-4H3,(H2,25,26,28). The third-order valence-corrected chi connectivity index (χ3v) is 7.72. The van der Waals surface area contributed by atoms with Gasteiger partial charge in [0.2, 0.25) is 5.09 Å². The van der Waals surface area contributed by atoms with E-state index in [9.17, 15) is 22.7 Å². The molecular formula is C23H29FN2O5S. The van der Waals surface area contributed by atoms with Gasteiger partial charge < -0.3 is 14.8 Å². The van der Waals surface area contributed by atoms with Crippen LogP contribution in [0.15, 0.2) is 27.7 Å². The zero-order chi connectivity index (χ0) is 23.4. The molecule has 4 rings (SSSR count). The highest BCUT2D eigenvalue weighted by Crippen LogP contribution is 2.52. The molecule has 174 valence electrons. The van der Waals surface area contributed by atoms with E-state index in [1.165, 1.54) is 12.1 Å². The van der Waals surface area contributed by atoms with E-state index in [1.807, 2.05) is 18.6 Å². The number of aliphatic hydroxyl groups is 1. The molecule has 1 saturated carbocycles. The smallest absolute Gasteiger partial charge is 0.333 e. The number of amides is 2. The van der Waals surface area contributed by atoms with Crippen LogP contribution in [0.1, 0.15) is 93.3 Å². The van der Waals surface area contributed by atoms with Crippen molar-refractivity contribution in [1.82, 2.24) is 4.72 Å². The molecule has 2 aliphatic carbocycles. The van der Waals surface area contributed by atoms with Gasteiger partial charge in [0.25, 0.3) is 10.0 Å². The molecule has 2 bridgehead atoms. The van der Waals surface area contributed by atoms with Crippen molar-refractivity contribution in [3.05, 3.63) is 46.5 Å². The summed E-state index contributed by atoms with van der Waals surface area (Å²) in [6.45, 7) is 7.41. The maximum absolute atomic E-state index is 14.5. The second kappa shape index (κ2) is 8.19. The molecule has 3 atom stereocenters. The van der Waals surface area contributed by atoms with Gasteiger partial charge in [-0.15, -0.1) is 0 Å². The predicted molar refractivity (Wildman–Crippen MR) is 118 cm³/mol. The molecule has 1 aromatic carbocycles. The normalized spacial score (nSPS) is 22.3. The van der Waals surface area contributed by atoms with Crippen LogP contribution in [0.5, 0.6) is 0 Å². The fourth-order valence-electron chi connectivity index (χ4n) is 4.98. The maximum atomic E-state index is 14.5. The van der Waals surface area contributed by atoms with Gasteiger partial charge in [-0.1, -0.05) is 33.8 Å². The van der Waals surface area contributed by atoms with Gasteiger partial charge in [-0.3, -0.25) is 0 Å². The van der Waals surface area contributed by atoms with Crippen LogP contribution >= 0.6 is 0 Å². The summed E-state index contributed by atoms with van der Waals surface area (Å²) in [6.07, 6.45) is 1.72. The molecule has 7 nitrogen and oxygen atoms in total. The molecule has 2 aromatic rings. The molecule has 3 unspecified atom stereocenters. The quantitative estimate of drug-likeness (QED) is 0.570. The lowest BCUT2D eigenvalue weighted by Gasteiger charge is -2.23. The summed E-state index contributed by atoms with van der Waals surface area (Å²) in [4.78, 5) is 12.7. The van der Waals surface area contributed by atoms with Crippen molar-refractivity contribution in [3.63, 3.8) is 0 Å². The number of nitrogens with one attached hydrogen (secondary N) is 2. The van der Waals surface area contributed by atoms with Crippen molar-refractivity contribution in [3.8, 4) is 0 Å². The number of hydrogen-bond donors (Lipinski definition) is 3. The van der Waals surface area contributed by atoms with E-state index in [0.29, 0.717) is 22.5 Å². The van der Waals surface area contributed by atoms with Gasteiger partial charge in [-0.2, -0.15) is 8.42 Å². The average Bonchev–Trinajstić information content (AvgIpc) is 3.32. The summed E-state index contributed by atoms with van der Waals surface area (Å²) in [5, 5.41) is 12.6. The summed E-state index contributed by atoms with van der Waals surface area (Å²) < 4.78 is 47.8. The monoisotopic (exact) mass is 464 g/mol. The lowest BCUT2D eigenvalue weighted by Crippen LogP contribution is -2.35. The third-order valence-electron chi connectivity index (χ3n) is 6.53. The van der Waals surface area contributed by atoms with Gasteiger partial charge in [0.1, 0.15) is 11.6 Å². The minimum Gasteiger partial charge on any atom is -0.447 e. The predicted octanol–water partition coefficient (Wildman–Crippen LogP) is 5.11. The molecule has 0 aliphatic heterocycles. The minimum atomic E-state index is -4.32. The van der Waals surface area contributed by atoms with Crippen molar-refractivity contribution < 1.29 is 27.1 Å². The van der Waals surface area contributed by atoms with E-state index in [0.717, 1.165) is 19.3 Å². The maximum Gasteiger partial charge on any atom is 0.333 e. The van der Waals surface area contributed by atoms with E-state index in [4.69, 9.17) is 4.42 Å². The fourth-order valence-corrected chi connectivity index (χ4v) is 5.86. The molecular weight excluding hydrogens is 435 g/mol. The van der Waals surface area contributed by atoms with Crippen LogP contribution in [0.3, 0.4) is 0 Å². The van der Waals surface area contributed by atoms with Crippen molar-refractivity contribution in [1.29, 1.82) is 0 Å². The lowest BCUT2D eigenvalue weighted by molar-refractivity contribution is 0.101. The molecule has 9 heteroatoms. The molecule has 1 aromatic heterocycles. The van der Waals surface area contributed by atoms with E-state index >= 15 is 0 Å². The number of anilines is 1. The summed E-state index contributed by atoms with van der Waals surface area (Å²) in [7, 11) is -4.32. The summed E-state index contributed by atoms with van der Waals surface area (Å²) in [5.41, 5.74) is 1.78. The fraction of sp³-hybridized carbons (Fsp3) is 0.522. The molecule has 1 heterocycles. The van der Waals surface area contributed by atoms with Crippen LogP contribution in [-0.4, -0.2) is 19.6 Å². The molecule has 2 aliphatic rings. The summed E-state index contributed by atoms with van der Waals surface area (Å²) in [6, 6.07) is 3.25. The molecule has 0 saturated heterocycles. The number of urea groups is 1. The second-order valence-corrected chi connectivity index (χ2v) is 11.0. The third kappa shape index (κ3) is 3.92. The Balaban J connectivity index is 1.60. The van der Waals surface area contributed by atoms with Gasteiger partial charge in [0.15, 0.2) is 0 Å². The van der Waals surface area contributed by atoms with Crippen molar-refractivity contribution in [2.75, 3.05) is 5.32 Å². The first-order valence-corrected chi connectivity index (χ1v) is 12.5. The van der Waals surface area contributed by atoms with Crippen LogP contribution in [-0.2, 0) is 10.0 Å². The number of hydrogen-bond acceptors (Lipinski definition) is 5. The first-order valence-electron chi connectivity index (χ1n) is 11.0. The zero-order valence-corrected chi connectivity index (χ0v) is 19.4. The van der Waals surface area contributed by atoms with Gasteiger partial charge in [0, 0.05) is 23.1 Å². The van der Waals surface area contributed by atoms with Crippen LogP contribution in [0.4, 0.5) is 14.9 Å². The highest BCUT2D eigenvalue weighted by Gasteiger charge is 2.43. The topological polar surface area (TPSA) is 109 Å². The van der Waals surface area contributed by atoms with Gasteiger partial charge >= 0.3 is 6.03 Å². The van der Waals surface area contributed by atoms with Crippen LogP contribution in [0.25, 0.3) is 0 Å². The number of carbonyl (C=O) groups excluding carboxylic acids is 1. The second-order valence-electron chi connectivity index (χ2n) is 9.39. The molecule has 3 N–H and O–H groups in total. The summed E-state index contributed by atoms with van der Waals surface area (Å²) >= 11 is 0. The number of furan rings is 1. The molecule has 0 spiro atoms. The van der Waals surface area contributed by atoms with Crippen LogP contribution in [0.2, 0.25) is 0 Å². The van der Waals surface area contributed by atoms with Gasteiger partial charge in [-0.25, -0.2) is 13.9 Å². The van der Waals surface area contributed by atoms with Crippen molar-refractivity contribution >= 4 is 21.7 Å². The van der Waals surface area contributed by atoms with Crippen molar-refractivity contribution in [2.24, 2.45) is 5.92 Å². The minimum absolute atomic E-state index is 0.0197. The Morgan fingerprint density at radius 2 is 1.91 bits per heavy atom. The van der Waals surface area contributed by atoms with E-state index in [-0.39, 0.29) is 29.4 Å². The first kappa shape index (κ1) is 22.8. The molecule has 32 heavy (non-hydrogen) atoms. The van der Waals surface area contributed by atoms with Crippen LogP contribution < -0.4 is 10.0 Å². The number of aliphatic hydroxyl groups excluding tert-OH is 1. The molecule has 1 fully saturated rings.